The second-order valence-electron chi connectivity index (χ2n) is 5.59. The summed E-state index contributed by atoms with van der Waals surface area (Å²) in [7, 11) is 0. The van der Waals surface area contributed by atoms with Crippen LogP contribution in [0.2, 0.25) is 0 Å². The smallest absolute Gasteiger partial charge is 0.230 e. The van der Waals surface area contributed by atoms with Crippen LogP contribution in [0.4, 0.5) is 11.5 Å². The maximum absolute atomic E-state index is 12.4. The van der Waals surface area contributed by atoms with Gasteiger partial charge in [-0.05, 0) is 48.9 Å². The van der Waals surface area contributed by atoms with Gasteiger partial charge in [0.2, 0.25) is 11.8 Å². The first-order chi connectivity index (χ1) is 11.0. The van der Waals surface area contributed by atoms with Crippen LogP contribution < -0.4 is 10.2 Å². The standard InChI is InChI=1S/C17H16BrN3O2/c1-11-6-7-19-15(8-11)20-17(23)12-9-16(22)21(10-12)14-4-2-13(18)3-5-14/h2-8,12H,9-10H2,1H3,(H,19,20,23)/t12-/m1/s1. The fourth-order valence-electron chi connectivity index (χ4n) is 2.59. The molecule has 2 aromatic rings. The van der Waals surface area contributed by atoms with E-state index in [1.165, 1.54) is 0 Å². The van der Waals surface area contributed by atoms with Gasteiger partial charge in [0.1, 0.15) is 5.82 Å². The van der Waals surface area contributed by atoms with Gasteiger partial charge in [0.15, 0.2) is 0 Å². The molecule has 1 fully saturated rings. The normalized spacial score (nSPS) is 17.4. The van der Waals surface area contributed by atoms with Crippen LogP contribution in [0.15, 0.2) is 47.1 Å². The summed E-state index contributed by atoms with van der Waals surface area (Å²) in [6, 6.07) is 11.2. The lowest BCUT2D eigenvalue weighted by Crippen LogP contribution is -2.28. The molecule has 1 aliphatic rings. The Bertz CT molecular complexity index is 746. The molecule has 0 radical (unpaired) electrons. The monoisotopic (exact) mass is 373 g/mol. The van der Waals surface area contributed by atoms with Crippen molar-refractivity contribution in [3.63, 3.8) is 0 Å². The van der Waals surface area contributed by atoms with E-state index in [0.717, 1.165) is 15.7 Å². The zero-order valence-electron chi connectivity index (χ0n) is 12.6. The Hall–Kier alpha value is -2.21. The second-order valence-corrected chi connectivity index (χ2v) is 6.51. The van der Waals surface area contributed by atoms with E-state index in [-0.39, 0.29) is 24.2 Å². The van der Waals surface area contributed by atoms with Crippen LogP contribution in [0.25, 0.3) is 0 Å². The average molecular weight is 374 g/mol. The van der Waals surface area contributed by atoms with Gasteiger partial charge in [-0.25, -0.2) is 4.98 Å². The SMILES string of the molecule is Cc1ccnc(NC(=O)[C@@H]2CC(=O)N(c3ccc(Br)cc3)C2)c1. The third-order valence-electron chi connectivity index (χ3n) is 3.80. The summed E-state index contributed by atoms with van der Waals surface area (Å²) >= 11 is 3.37. The Balaban J connectivity index is 1.69. The Labute approximate surface area is 142 Å². The number of halogens is 1. The number of nitrogens with zero attached hydrogens (tertiary/aromatic N) is 2. The molecule has 2 amide bonds. The third kappa shape index (κ3) is 3.59. The Morgan fingerprint density at radius 2 is 2.04 bits per heavy atom. The van der Waals surface area contributed by atoms with E-state index < -0.39 is 0 Å². The van der Waals surface area contributed by atoms with Gasteiger partial charge in [-0.1, -0.05) is 15.9 Å². The number of nitrogens with one attached hydrogen (secondary N) is 1. The number of hydrogen-bond acceptors (Lipinski definition) is 3. The van der Waals surface area contributed by atoms with Gasteiger partial charge in [-0.2, -0.15) is 0 Å². The fourth-order valence-corrected chi connectivity index (χ4v) is 2.85. The summed E-state index contributed by atoms with van der Waals surface area (Å²) in [5.41, 5.74) is 1.83. The maximum atomic E-state index is 12.4. The van der Waals surface area contributed by atoms with Gasteiger partial charge in [0.05, 0.1) is 5.92 Å². The summed E-state index contributed by atoms with van der Waals surface area (Å²) in [5, 5.41) is 2.79. The quantitative estimate of drug-likeness (QED) is 0.898. The lowest BCUT2D eigenvalue weighted by atomic mass is 10.1. The van der Waals surface area contributed by atoms with E-state index in [9.17, 15) is 9.59 Å². The molecule has 118 valence electrons. The zero-order chi connectivity index (χ0) is 16.4. The van der Waals surface area contributed by atoms with Crippen molar-refractivity contribution in [2.75, 3.05) is 16.8 Å². The molecule has 0 aliphatic carbocycles. The van der Waals surface area contributed by atoms with Crippen LogP contribution in [0, 0.1) is 12.8 Å². The first-order valence-corrected chi connectivity index (χ1v) is 8.11. The molecule has 0 saturated carbocycles. The van der Waals surface area contributed by atoms with Crippen molar-refractivity contribution >= 4 is 39.2 Å². The Kier molecular flexibility index (Phi) is 4.43. The molecule has 1 aromatic heterocycles. The molecule has 6 heteroatoms. The number of aromatic nitrogens is 1. The van der Waals surface area contributed by atoms with Crippen LogP contribution in [0.1, 0.15) is 12.0 Å². The first-order valence-electron chi connectivity index (χ1n) is 7.32. The number of carbonyl (C=O) groups excluding carboxylic acids is 2. The summed E-state index contributed by atoms with van der Waals surface area (Å²) in [6.45, 7) is 2.32. The van der Waals surface area contributed by atoms with E-state index in [1.807, 2.05) is 37.3 Å². The predicted octanol–water partition coefficient (Wildman–Crippen LogP) is 3.14. The van der Waals surface area contributed by atoms with Crippen LogP contribution in [0.3, 0.4) is 0 Å². The molecule has 1 N–H and O–H groups in total. The van der Waals surface area contributed by atoms with Gasteiger partial charge in [-0.3, -0.25) is 9.59 Å². The van der Waals surface area contributed by atoms with Gasteiger partial charge in [-0.15, -0.1) is 0 Å². The fraction of sp³-hybridized carbons (Fsp3) is 0.235. The second kappa shape index (κ2) is 6.50. The zero-order valence-corrected chi connectivity index (χ0v) is 14.2. The minimum atomic E-state index is -0.367. The van der Waals surface area contributed by atoms with Crippen LogP contribution in [-0.2, 0) is 9.59 Å². The third-order valence-corrected chi connectivity index (χ3v) is 4.33. The van der Waals surface area contributed by atoms with Crippen molar-refractivity contribution in [2.45, 2.75) is 13.3 Å². The van der Waals surface area contributed by atoms with E-state index in [4.69, 9.17) is 0 Å². The van der Waals surface area contributed by atoms with Crippen LogP contribution >= 0.6 is 15.9 Å². The number of amides is 2. The predicted molar refractivity (Wildman–Crippen MR) is 92.2 cm³/mol. The van der Waals surface area contributed by atoms with E-state index in [1.54, 1.807) is 17.2 Å². The van der Waals surface area contributed by atoms with E-state index in [0.29, 0.717) is 12.4 Å². The molecule has 1 aliphatic heterocycles. The van der Waals surface area contributed by atoms with Gasteiger partial charge >= 0.3 is 0 Å². The molecule has 23 heavy (non-hydrogen) atoms. The first kappa shape index (κ1) is 15.7. The minimum absolute atomic E-state index is 0.0373. The van der Waals surface area contributed by atoms with E-state index in [2.05, 4.69) is 26.2 Å². The highest BCUT2D eigenvalue weighted by Gasteiger charge is 2.35. The maximum Gasteiger partial charge on any atom is 0.230 e. The number of anilines is 2. The van der Waals surface area contributed by atoms with Gasteiger partial charge in [0, 0.05) is 29.3 Å². The Morgan fingerprint density at radius 3 is 2.74 bits per heavy atom. The molecule has 1 saturated heterocycles. The van der Waals surface area contributed by atoms with Crippen molar-refractivity contribution < 1.29 is 9.59 Å². The van der Waals surface area contributed by atoms with Crippen molar-refractivity contribution in [3.05, 3.63) is 52.6 Å². The summed E-state index contributed by atoms with van der Waals surface area (Å²) in [4.78, 5) is 30.3. The molecule has 3 rings (SSSR count). The number of benzene rings is 1. The molecule has 0 bridgehead atoms. The molecule has 0 spiro atoms. The van der Waals surface area contributed by atoms with Crippen LogP contribution in [-0.4, -0.2) is 23.3 Å². The minimum Gasteiger partial charge on any atom is -0.312 e. The molecule has 1 aromatic carbocycles. The molecule has 5 nitrogen and oxygen atoms in total. The van der Waals surface area contributed by atoms with Gasteiger partial charge < -0.3 is 10.2 Å². The number of carbonyl (C=O) groups is 2. The summed E-state index contributed by atoms with van der Waals surface area (Å²) in [5.74, 6) is -0.0567. The largest absolute Gasteiger partial charge is 0.312 e. The average Bonchev–Trinajstić information content (AvgIpc) is 2.90. The molecule has 0 unspecified atom stereocenters. The van der Waals surface area contributed by atoms with Crippen molar-refractivity contribution in [3.8, 4) is 0 Å². The number of hydrogen-bond donors (Lipinski definition) is 1. The van der Waals surface area contributed by atoms with Gasteiger partial charge in [0.25, 0.3) is 0 Å². The summed E-state index contributed by atoms with van der Waals surface area (Å²) < 4.78 is 0.952. The highest BCUT2D eigenvalue weighted by Crippen LogP contribution is 2.27. The molecular weight excluding hydrogens is 358 g/mol. The highest BCUT2D eigenvalue weighted by molar-refractivity contribution is 9.10. The molecule has 2 heterocycles. The highest BCUT2D eigenvalue weighted by atomic mass is 79.9. The van der Waals surface area contributed by atoms with Crippen molar-refractivity contribution in [1.29, 1.82) is 0 Å². The van der Waals surface area contributed by atoms with E-state index >= 15 is 0 Å². The number of rotatable bonds is 3. The topological polar surface area (TPSA) is 62.3 Å². The lowest BCUT2D eigenvalue weighted by Gasteiger charge is -2.16. The Morgan fingerprint density at radius 1 is 1.30 bits per heavy atom. The number of aryl methyl sites for hydroxylation is 1. The lowest BCUT2D eigenvalue weighted by molar-refractivity contribution is -0.122. The van der Waals surface area contributed by atoms with Crippen molar-refractivity contribution in [1.82, 2.24) is 4.98 Å². The molecule has 1 atom stereocenters. The van der Waals surface area contributed by atoms with Crippen LogP contribution in [0.5, 0.6) is 0 Å². The molecular formula is C17H16BrN3O2. The summed E-state index contributed by atoms with van der Waals surface area (Å²) in [6.07, 6.45) is 1.87. The number of pyridine rings is 1. The van der Waals surface area contributed by atoms with Crippen molar-refractivity contribution in [2.24, 2.45) is 5.92 Å².